The second-order valence-electron chi connectivity index (χ2n) is 13.7. The molecule has 44 heavy (non-hydrogen) atoms. The molecular weight excluding hydrogens is 588 g/mol. The summed E-state index contributed by atoms with van der Waals surface area (Å²) in [6, 6.07) is -2.30. The maximum absolute atomic E-state index is 14.2. The zero-order valence-electron chi connectivity index (χ0n) is 26.4. The quantitative estimate of drug-likeness (QED) is 0.232. The van der Waals surface area contributed by atoms with Gasteiger partial charge in [-0.2, -0.15) is 0 Å². The molecule has 0 aromatic heterocycles. The van der Waals surface area contributed by atoms with E-state index in [1.54, 1.807) is 0 Å². The van der Waals surface area contributed by atoms with Gasteiger partial charge in [0.25, 0.3) is 5.91 Å². The average molecular weight is 639 g/mol. The fourth-order valence-corrected chi connectivity index (χ4v) is 8.25. The van der Waals surface area contributed by atoms with Crippen molar-refractivity contribution in [1.82, 2.24) is 30.5 Å². The third-order valence-electron chi connectivity index (χ3n) is 9.85. The number of nitrogens with one attached hydrogen (secondary N) is 4. The molecular formula is C30H50N6O7S. The van der Waals surface area contributed by atoms with Crippen LogP contribution >= 0.6 is 0 Å². The predicted molar refractivity (Wildman–Crippen MR) is 164 cm³/mol. The van der Waals surface area contributed by atoms with E-state index in [2.05, 4.69) is 21.3 Å². The van der Waals surface area contributed by atoms with E-state index in [1.165, 1.54) is 23.3 Å². The van der Waals surface area contributed by atoms with Gasteiger partial charge in [0.2, 0.25) is 27.6 Å². The van der Waals surface area contributed by atoms with Crippen LogP contribution in [0, 0.1) is 5.41 Å². The van der Waals surface area contributed by atoms with Gasteiger partial charge in [0.1, 0.15) is 12.1 Å². The number of ketones is 1. The third-order valence-corrected chi connectivity index (χ3v) is 11.9. The third kappa shape index (κ3) is 8.49. The lowest BCUT2D eigenvalue weighted by Crippen LogP contribution is -2.64. The summed E-state index contributed by atoms with van der Waals surface area (Å²) in [6.07, 6.45) is 10.5. The molecule has 4 N–H and O–H groups in total. The predicted octanol–water partition coefficient (Wildman–Crippen LogP) is 1.17. The zero-order chi connectivity index (χ0) is 32.1. The Bertz CT molecular complexity index is 1210. The second-order valence-corrected chi connectivity index (χ2v) is 15.9. The molecule has 248 valence electrons. The highest BCUT2D eigenvalue weighted by Gasteiger charge is 2.47. The summed E-state index contributed by atoms with van der Waals surface area (Å²) in [5, 5.41) is 11.1. The standard InChI is InChI=1S/C30H50N6O7S/c1-29(14-6-4-7-15-29)24(33-28(41)34-30(16-8-5-9-17-30)20-44(42,43)35(2)3)27(40)36-18-10-11-22(36)25(38)31-19-23(37)26(39)32-21-12-13-21/h21-22,24H,4-20H2,1-3H3,(H,31,38)(H,32,39)(H2,33,34,41)/t22-,24+/m0/s1. The van der Waals surface area contributed by atoms with Gasteiger partial charge in [0.05, 0.1) is 17.8 Å². The minimum absolute atomic E-state index is 0.0262. The topological polar surface area (TPSA) is 174 Å². The molecule has 2 atom stereocenters. The Kier molecular flexibility index (Phi) is 11.0. The Morgan fingerprint density at radius 1 is 0.886 bits per heavy atom. The van der Waals surface area contributed by atoms with Gasteiger partial charge in [0.15, 0.2) is 0 Å². The van der Waals surface area contributed by atoms with Gasteiger partial charge >= 0.3 is 6.03 Å². The molecule has 5 amide bonds. The van der Waals surface area contributed by atoms with E-state index < -0.39 is 63.2 Å². The summed E-state index contributed by atoms with van der Waals surface area (Å²) >= 11 is 0. The number of nitrogens with zero attached hydrogens (tertiary/aromatic N) is 2. The summed E-state index contributed by atoms with van der Waals surface area (Å²) in [5.41, 5.74) is -1.50. The first kappa shape index (κ1) is 34.1. The molecule has 0 aromatic rings. The molecule has 3 saturated carbocycles. The van der Waals surface area contributed by atoms with Crippen molar-refractivity contribution in [1.29, 1.82) is 0 Å². The van der Waals surface area contributed by atoms with Crippen LogP contribution in [0.5, 0.6) is 0 Å². The van der Waals surface area contributed by atoms with Crippen molar-refractivity contribution in [3.05, 3.63) is 0 Å². The summed E-state index contributed by atoms with van der Waals surface area (Å²) < 4.78 is 26.9. The number of carbonyl (C=O) groups is 5. The molecule has 0 bridgehead atoms. The van der Waals surface area contributed by atoms with Crippen LogP contribution in [-0.4, -0.2) is 104 Å². The number of amides is 5. The van der Waals surface area contributed by atoms with Crippen LogP contribution in [-0.2, 0) is 29.2 Å². The number of hydrogen-bond acceptors (Lipinski definition) is 7. The second kappa shape index (κ2) is 14.1. The lowest BCUT2D eigenvalue weighted by Gasteiger charge is -2.43. The molecule has 4 aliphatic rings. The largest absolute Gasteiger partial charge is 0.347 e. The summed E-state index contributed by atoms with van der Waals surface area (Å²) in [7, 11) is -0.651. The molecule has 1 heterocycles. The molecule has 1 aliphatic heterocycles. The Morgan fingerprint density at radius 3 is 2.09 bits per heavy atom. The molecule has 4 fully saturated rings. The minimum atomic E-state index is -3.61. The van der Waals surface area contributed by atoms with Crippen LogP contribution in [0.3, 0.4) is 0 Å². The van der Waals surface area contributed by atoms with Gasteiger partial charge < -0.3 is 26.2 Å². The smallest absolute Gasteiger partial charge is 0.315 e. The Balaban J connectivity index is 1.47. The van der Waals surface area contributed by atoms with E-state index in [9.17, 15) is 32.4 Å². The van der Waals surface area contributed by atoms with Crippen molar-refractivity contribution in [2.75, 3.05) is 32.9 Å². The number of carbonyl (C=O) groups excluding carboxylic acids is 5. The van der Waals surface area contributed by atoms with E-state index in [0.29, 0.717) is 32.2 Å². The average Bonchev–Trinajstić information content (AvgIpc) is 3.65. The molecule has 0 spiro atoms. The van der Waals surface area contributed by atoms with Gasteiger partial charge in [-0.05, 0) is 56.8 Å². The van der Waals surface area contributed by atoms with Crippen molar-refractivity contribution in [3.63, 3.8) is 0 Å². The molecule has 13 nitrogen and oxygen atoms in total. The molecule has 0 unspecified atom stereocenters. The van der Waals surface area contributed by atoms with Crippen LogP contribution in [0.4, 0.5) is 4.79 Å². The van der Waals surface area contributed by atoms with Gasteiger partial charge in [-0.15, -0.1) is 0 Å². The molecule has 3 aliphatic carbocycles. The molecule has 0 aromatic carbocycles. The zero-order valence-corrected chi connectivity index (χ0v) is 27.2. The van der Waals surface area contributed by atoms with E-state index in [0.717, 1.165) is 64.2 Å². The maximum Gasteiger partial charge on any atom is 0.315 e. The number of urea groups is 1. The van der Waals surface area contributed by atoms with Gasteiger partial charge in [-0.1, -0.05) is 45.4 Å². The lowest BCUT2D eigenvalue weighted by atomic mass is 9.70. The van der Waals surface area contributed by atoms with Crippen LogP contribution < -0.4 is 21.3 Å². The van der Waals surface area contributed by atoms with Crippen LogP contribution in [0.1, 0.15) is 96.8 Å². The van der Waals surface area contributed by atoms with Crippen molar-refractivity contribution in [2.45, 2.75) is 120 Å². The lowest BCUT2D eigenvalue weighted by molar-refractivity contribution is -0.143. The van der Waals surface area contributed by atoms with Gasteiger partial charge in [0, 0.05) is 26.7 Å². The van der Waals surface area contributed by atoms with E-state index >= 15 is 0 Å². The summed E-state index contributed by atoms with van der Waals surface area (Å²) in [5.74, 6) is -2.54. The van der Waals surface area contributed by atoms with Gasteiger partial charge in [-0.25, -0.2) is 17.5 Å². The minimum Gasteiger partial charge on any atom is -0.347 e. The van der Waals surface area contributed by atoms with E-state index in [4.69, 9.17) is 0 Å². The fourth-order valence-electron chi connectivity index (χ4n) is 6.93. The Morgan fingerprint density at radius 2 is 1.50 bits per heavy atom. The Labute approximate surface area is 261 Å². The molecule has 4 rings (SSSR count). The molecule has 1 saturated heterocycles. The first-order chi connectivity index (χ1) is 20.8. The van der Waals surface area contributed by atoms with E-state index in [1.807, 2.05) is 6.92 Å². The first-order valence-electron chi connectivity index (χ1n) is 16.2. The van der Waals surface area contributed by atoms with Crippen molar-refractivity contribution in [2.24, 2.45) is 5.41 Å². The van der Waals surface area contributed by atoms with Crippen LogP contribution in [0.2, 0.25) is 0 Å². The maximum atomic E-state index is 14.2. The number of rotatable bonds is 12. The summed E-state index contributed by atoms with van der Waals surface area (Å²) in [6.45, 7) is 1.87. The number of likely N-dealkylation sites (tertiary alicyclic amines) is 1. The first-order valence-corrected chi connectivity index (χ1v) is 17.8. The van der Waals surface area contributed by atoms with Crippen LogP contribution in [0.15, 0.2) is 0 Å². The molecule has 14 heteroatoms. The highest BCUT2D eigenvalue weighted by molar-refractivity contribution is 7.89. The van der Waals surface area contributed by atoms with Gasteiger partial charge in [-0.3, -0.25) is 19.2 Å². The highest BCUT2D eigenvalue weighted by Crippen LogP contribution is 2.40. The van der Waals surface area contributed by atoms with Crippen LogP contribution in [0.25, 0.3) is 0 Å². The number of sulfonamides is 1. The SMILES string of the molecule is CN(C)S(=O)(=O)CC1(NC(=O)N[C@H](C(=O)N2CCC[C@H]2C(=O)NCC(=O)C(=O)NC2CC2)C2(C)CCCCC2)CCCCC1. The number of hydrogen-bond donors (Lipinski definition) is 4. The summed E-state index contributed by atoms with van der Waals surface area (Å²) in [4.78, 5) is 66.8. The van der Waals surface area contributed by atoms with Crippen molar-refractivity contribution < 1.29 is 32.4 Å². The highest BCUT2D eigenvalue weighted by atomic mass is 32.2. The monoisotopic (exact) mass is 638 g/mol. The normalized spacial score (nSPS) is 23.8. The Hall–Kier alpha value is -2.74. The number of Topliss-reactive ketones (excluding diaryl/α,β-unsaturated/α-hetero) is 1. The van der Waals surface area contributed by atoms with E-state index in [-0.39, 0.29) is 17.7 Å². The van der Waals surface area contributed by atoms with Crippen molar-refractivity contribution >= 4 is 39.6 Å². The van der Waals surface area contributed by atoms with Crippen molar-refractivity contribution in [3.8, 4) is 0 Å². The molecule has 0 radical (unpaired) electrons. The fraction of sp³-hybridized carbons (Fsp3) is 0.833.